The molecule has 2 N–H and O–H groups in total. The molecule has 0 aliphatic rings. The van der Waals surface area contributed by atoms with Gasteiger partial charge in [-0.15, -0.1) is 0 Å². The molecule has 0 saturated heterocycles. The fourth-order valence-corrected chi connectivity index (χ4v) is 1.23. The van der Waals surface area contributed by atoms with Gasteiger partial charge in [-0.2, -0.15) is 0 Å². The van der Waals surface area contributed by atoms with Crippen molar-refractivity contribution >= 4 is 6.29 Å². The van der Waals surface area contributed by atoms with E-state index < -0.39 is 12.0 Å². The first-order chi connectivity index (χ1) is 7.15. The topological polar surface area (TPSA) is 65.2 Å². The smallest absolute Gasteiger partial charge is 0.268 e. The van der Waals surface area contributed by atoms with Crippen LogP contribution in [0.4, 0.5) is 8.78 Å². The van der Waals surface area contributed by atoms with Crippen LogP contribution in [0.15, 0.2) is 6.20 Å². The van der Waals surface area contributed by atoms with E-state index >= 15 is 0 Å². The van der Waals surface area contributed by atoms with Crippen molar-refractivity contribution in [3.8, 4) is 5.75 Å². The average molecular weight is 216 g/mol. The fraction of sp³-hybridized carbons (Fsp3) is 0.333. The Morgan fingerprint density at radius 3 is 2.73 bits per heavy atom. The summed E-state index contributed by atoms with van der Waals surface area (Å²) < 4.78 is 29.8. The van der Waals surface area contributed by atoms with Crippen molar-refractivity contribution in [1.29, 1.82) is 0 Å². The quantitative estimate of drug-likeness (QED) is 0.770. The summed E-state index contributed by atoms with van der Waals surface area (Å²) in [5, 5.41) is 0. The molecule has 1 aromatic heterocycles. The van der Waals surface area contributed by atoms with Gasteiger partial charge in [0.25, 0.3) is 6.43 Å². The SMILES string of the molecule is COc1c(C(F)F)cnc(CN)c1C=O. The van der Waals surface area contributed by atoms with Crippen LogP contribution in [0.3, 0.4) is 0 Å². The number of nitrogens with zero attached hydrogens (tertiary/aromatic N) is 1. The first-order valence-electron chi connectivity index (χ1n) is 4.14. The molecule has 1 heterocycles. The second kappa shape index (κ2) is 4.79. The number of methoxy groups -OCH3 is 1. The van der Waals surface area contributed by atoms with E-state index in [1.54, 1.807) is 0 Å². The first kappa shape index (κ1) is 11.5. The van der Waals surface area contributed by atoms with Crippen molar-refractivity contribution in [2.24, 2.45) is 5.73 Å². The first-order valence-corrected chi connectivity index (χ1v) is 4.14. The van der Waals surface area contributed by atoms with Crippen LogP contribution in [0.1, 0.15) is 28.0 Å². The summed E-state index contributed by atoms with van der Waals surface area (Å²) in [6.45, 7) is -0.00600. The van der Waals surface area contributed by atoms with Gasteiger partial charge in [0.2, 0.25) is 0 Å². The monoisotopic (exact) mass is 216 g/mol. The fourth-order valence-electron chi connectivity index (χ4n) is 1.23. The van der Waals surface area contributed by atoms with Gasteiger partial charge in [-0.05, 0) is 0 Å². The summed E-state index contributed by atoms with van der Waals surface area (Å²) in [5.74, 6) is -0.157. The summed E-state index contributed by atoms with van der Waals surface area (Å²) in [6.07, 6.45) is -1.35. The molecule has 0 aliphatic heterocycles. The lowest BCUT2D eigenvalue weighted by Gasteiger charge is -2.11. The Morgan fingerprint density at radius 1 is 1.67 bits per heavy atom. The van der Waals surface area contributed by atoms with Gasteiger partial charge in [0.05, 0.1) is 23.9 Å². The van der Waals surface area contributed by atoms with Gasteiger partial charge >= 0.3 is 0 Å². The van der Waals surface area contributed by atoms with Crippen molar-refractivity contribution < 1.29 is 18.3 Å². The van der Waals surface area contributed by atoms with Crippen molar-refractivity contribution in [1.82, 2.24) is 4.98 Å². The Hall–Kier alpha value is -1.56. The normalized spacial score (nSPS) is 10.5. The summed E-state index contributed by atoms with van der Waals surface area (Å²) in [4.78, 5) is 14.4. The number of rotatable bonds is 4. The number of ether oxygens (including phenoxy) is 1. The van der Waals surface area contributed by atoms with Gasteiger partial charge in [0, 0.05) is 12.7 Å². The molecule has 0 atom stereocenters. The van der Waals surface area contributed by atoms with Gasteiger partial charge in [0.1, 0.15) is 5.75 Å². The predicted octanol–water partition coefficient (Wildman–Crippen LogP) is 1.30. The molecule has 0 fully saturated rings. The standard InChI is InChI=1S/C9H10F2N2O2/c1-15-8-5(9(10)11)3-13-7(2-12)6(8)4-14/h3-4,9H,2,12H2,1H3. The molecule has 0 radical (unpaired) electrons. The predicted molar refractivity (Wildman–Crippen MR) is 49.0 cm³/mol. The van der Waals surface area contributed by atoms with Crippen molar-refractivity contribution in [3.63, 3.8) is 0 Å². The van der Waals surface area contributed by atoms with Crippen LogP contribution in [-0.2, 0) is 6.54 Å². The van der Waals surface area contributed by atoms with E-state index in [0.717, 1.165) is 6.20 Å². The maximum absolute atomic E-state index is 12.5. The molecule has 82 valence electrons. The summed E-state index contributed by atoms with van der Waals surface area (Å²) in [6, 6.07) is 0. The van der Waals surface area contributed by atoms with E-state index in [2.05, 4.69) is 4.98 Å². The Labute approximate surface area is 85.1 Å². The molecule has 0 aromatic carbocycles. The second-order valence-electron chi connectivity index (χ2n) is 2.73. The van der Waals surface area contributed by atoms with Crippen molar-refractivity contribution in [2.75, 3.05) is 7.11 Å². The summed E-state index contributed by atoms with van der Waals surface area (Å²) >= 11 is 0. The van der Waals surface area contributed by atoms with E-state index in [0.29, 0.717) is 6.29 Å². The van der Waals surface area contributed by atoms with Gasteiger partial charge in [-0.3, -0.25) is 9.78 Å². The minimum Gasteiger partial charge on any atom is -0.495 e. The molecular weight excluding hydrogens is 206 g/mol. The summed E-state index contributed by atoms with van der Waals surface area (Å²) in [5.41, 5.74) is 5.13. The van der Waals surface area contributed by atoms with Crippen LogP contribution in [0.25, 0.3) is 0 Å². The Kier molecular flexibility index (Phi) is 3.68. The van der Waals surface area contributed by atoms with E-state index in [-0.39, 0.29) is 23.6 Å². The molecule has 15 heavy (non-hydrogen) atoms. The molecule has 6 heteroatoms. The van der Waals surface area contributed by atoms with Gasteiger partial charge in [-0.1, -0.05) is 0 Å². The molecule has 0 bridgehead atoms. The minimum atomic E-state index is -2.74. The maximum Gasteiger partial charge on any atom is 0.268 e. The number of aromatic nitrogens is 1. The maximum atomic E-state index is 12.5. The second-order valence-corrected chi connectivity index (χ2v) is 2.73. The van der Waals surface area contributed by atoms with Crippen LogP contribution in [-0.4, -0.2) is 18.4 Å². The van der Waals surface area contributed by atoms with Crippen LogP contribution >= 0.6 is 0 Å². The largest absolute Gasteiger partial charge is 0.495 e. The Bertz CT molecular complexity index is 369. The lowest BCUT2D eigenvalue weighted by Crippen LogP contribution is -2.08. The molecule has 1 aromatic rings. The number of aldehydes is 1. The highest BCUT2D eigenvalue weighted by Crippen LogP contribution is 2.31. The average Bonchev–Trinajstić information content (AvgIpc) is 2.26. The zero-order chi connectivity index (χ0) is 11.4. The van der Waals surface area contributed by atoms with E-state index in [1.807, 2.05) is 0 Å². The lowest BCUT2D eigenvalue weighted by atomic mass is 10.1. The number of hydrogen-bond donors (Lipinski definition) is 1. The van der Waals surface area contributed by atoms with Crippen LogP contribution in [0.2, 0.25) is 0 Å². The lowest BCUT2D eigenvalue weighted by molar-refractivity contribution is 0.111. The molecule has 0 saturated carbocycles. The van der Waals surface area contributed by atoms with Crippen LogP contribution in [0, 0.1) is 0 Å². The van der Waals surface area contributed by atoms with E-state index in [9.17, 15) is 13.6 Å². The zero-order valence-corrected chi connectivity index (χ0v) is 8.04. The highest BCUT2D eigenvalue weighted by Gasteiger charge is 2.20. The number of pyridine rings is 1. The van der Waals surface area contributed by atoms with E-state index in [4.69, 9.17) is 10.5 Å². The van der Waals surface area contributed by atoms with Crippen molar-refractivity contribution in [3.05, 3.63) is 23.0 Å². The number of halogens is 2. The molecule has 4 nitrogen and oxygen atoms in total. The number of alkyl halides is 2. The third-order valence-corrected chi connectivity index (χ3v) is 1.93. The minimum absolute atomic E-state index is 0.00600. The number of nitrogens with two attached hydrogens (primary N) is 1. The molecule has 0 amide bonds. The third kappa shape index (κ3) is 2.10. The highest BCUT2D eigenvalue weighted by atomic mass is 19.3. The zero-order valence-electron chi connectivity index (χ0n) is 8.04. The summed E-state index contributed by atoms with van der Waals surface area (Å²) in [7, 11) is 1.22. The molecule has 0 spiro atoms. The van der Waals surface area contributed by atoms with Gasteiger partial charge < -0.3 is 10.5 Å². The van der Waals surface area contributed by atoms with E-state index in [1.165, 1.54) is 7.11 Å². The Morgan fingerprint density at radius 2 is 2.33 bits per heavy atom. The third-order valence-electron chi connectivity index (χ3n) is 1.93. The van der Waals surface area contributed by atoms with Gasteiger partial charge in [-0.25, -0.2) is 8.78 Å². The van der Waals surface area contributed by atoms with Crippen LogP contribution in [0.5, 0.6) is 5.75 Å². The van der Waals surface area contributed by atoms with Gasteiger partial charge in [0.15, 0.2) is 6.29 Å². The van der Waals surface area contributed by atoms with Crippen molar-refractivity contribution in [2.45, 2.75) is 13.0 Å². The molecule has 0 unspecified atom stereocenters. The number of carbonyl (C=O) groups excluding carboxylic acids is 1. The van der Waals surface area contributed by atoms with Crippen LogP contribution < -0.4 is 10.5 Å². The molecular formula is C9H10F2N2O2. The number of hydrogen-bond acceptors (Lipinski definition) is 4. The Balaban J connectivity index is 3.40. The highest BCUT2D eigenvalue weighted by molar-refractivity contribution is 5.81. The number of carbonyl (C=O) groups is 1. The molecule has 0 aliphatic carbocycles. The molecule has 1 rings (SSSR count).